The van der Waals surface area contributed by atoms with Gasteiger partial charge in [0, 0.05) is 31.4 Å². The molecule has 21 heavy (non-hydrogen) atoms. The van der Waals surface area contributed by atoms with Crippen molar-refractivity contribution in [3.05, 3.63) is 63.2 Å². The fourth-order valence-corrected chi connectivity index (χ4v) is 1.95. The molecule has 0 aliphatic heterocycles. The van der Waals surface area contributed by atoms with E-state index in [1.165, 1.54) is 6.07 Å². The smallest absolute Gasteiger partial charge is 0.293 e. The van der Waals surface area contributed by atoms with Crippen LogP contribution in [0.1, 0.15) is 5.56 Å². The Kier molecular flexibility index (Phi) is 4.55. The lowest BCUT2D eigenvalue weighted by atomic mass is 10.1. The molecule has 0 heterocycles. The zero-order valence-electron chi connectivity index (χ0n) is 11.7. The maximum absolute atomic E-state index is 11.1. The number of benzene rings is 2. The normalized spacial score (nSPS) is 10.8. The van der Waals surface area contributed by atoms with Crippen molar-refractivity contribution in [3.8, 4) is 0 Å². The highest BCUT2D eigenvalue weighted by atomic mass is 35.5. The third kappa shape index (κ3) is 3.79. The summed E-state index contributed by atoms with van der Waals surface area (Å²) in [6.07, 6.45) is 1.59. The van der Waals surface area contributed by atoms with Gasteiger partial charge in [-0.1, -0.05) is 17.7 Å². The molecule has 0 saturated heterocycles. The van der Waals surface area contributed by atoms with Gasteiger partial charge >= 0.3 is 0 Å². The zero-order chi connectivity index (χ0) is 15.4. The highest BCUT2D eigenvalue weighted by Crippen LogP contribution is 2.27. The molecule has 0 spiro atoms. The molecule has 0 bridgehead atoms. The Morgan fingerprint density at radius 1 is 1.19 bits per heavy atom. The molecule has 0 aliphatic carbocycles. The maximum Gasteiger partial charge on any atom is 0.293 e. The minimum atomic E-state index is -0.394. The number of hydrogen-bond acceptors (Lipinski definition) is 4. The predicted octanol–water partition coefficient (Wildman–Crippen LogP) is 4.06. The third-order valence-electron chi connectivity index (χ3n) is 2.87. The minimum absolute atomic E-state index is 0.0556. The Morgan fingerprint density at radius 2 is 1.86 bits per heavy atom. The molecule has 2 aromatic carbocycles. The van der Waals surface area contributed by atoms with E-state index in [1.54, 1.807) is 61.6 Å². The van der Waals surface area contributed by atoms with Gasteiger partial charge in [-0.05, 0) is 35.9 Å². The van der Waals surface area contributed by atoms with Crippen molar-refractivity contribution in [2.24, 2.45) is 4.99 Å². The van der Waals surface area contributed by atoms with Crippen molar-refractivity contribution in [2.75, 3.05) is 19.0 Å². The van der Waals surface area contributed by atoms with Crippen LogP contribution >= 0.6 is 11.6 Å². The number of aliphatic imine (C=N–C) groups is 1. The summed E-state index contributed by atoms with van der Waals surface area (Å²) in [5.74, 6) is 0. The van der Waals surface area contributed by atoms with Crippen molar-refractivity contribution in [1.29, 1.82) is 0 Å². The van der Waals surface area contributed by atoms with Crippen LogP contribution in [0.5, 0.6) is 0 Å². The highest BCUT2D eigenvalue weighted by molar-refractivity contribution is 6.30. The van der Waals surface area contributed by atoms with Crippen LogP contribution in [0.3, 0.4) is 0 Å². The van der Waals surface area contributed by atoms with Crippen LogP contribution in [0.25, 0.3) is 0 Å². The fourth-order valence-electron chi connectivity index (χ4n) is 1.82. The van der Waals surface area contributed by atoms with Crippen LogP contribution in [-0.2, 0) is 0 Å². The topological polar surface area (TPSA) is 58.7 Å². The minimum Gasteiger partial charge on any atom is -0.372 e. The lowest BCUT2D eigenvalue weighted by Gasteiger charge is -2.12. The van der Waals surface area contributed by atoms with Gasteiger partial charge in [0.15, 0.2) is 0 Å². The van der Waals surface area contributed by atoms with Crippen LogP contribution in [0.4, 0.5) is 17.1 Å². The first-order valence-electron chi connectivity index (χ1n) is 6.23. The van der Waals surface area contributed by atoms with E-state index in [9.17, 15) is 10.1 Å². The predicted molar refractivity (Wildman–Crippen MR) is 86.1 cm³/mol. The molecule has 0 amide bonds. The molecule has 0 aliphatic rings. The van der Waals surface area contributed by atoms with E-state index in [2.05, 4.69) is 4.99 Å². The van der Waals surface area contributed by atoms with Crippen LogP contribution in [0.15, 0.2) is 47.5 Å². The summed E-state index contributed by atoms with van der Waals surface area (Å²) in [5.41, 5.74) is 2.02. The fraction of sp³-hybridized carbons (Fsp3) is 0.133. The Labute approximate surface area is 127 Å². The second kappa shape index (κ2) is 6.37. The van der Waals surface area contributed by atoms with Gasteiger partial charge in [-0.3, -0.25) is 15.1 Å². The standard InChI is InChI=1S/C15H14ClN3O2/c1-18(2)14-8-3-11(9-15(14)19(20)21)10-17-13-6-4-12(16)5-7-13/h3-10H,1-2H3. The van der Waals surface area contributed by atoms with Gasteiger partial charge < -0.3 is 4.90 Å². The van der Waals surface area contributed by atoms with Crippen molar-refractivity contribution < 1.29 is 4.92 Å². The van der Waals surface area contributed by atoms with Crippen LogP contribution < -0.4 is 4.90 Å². The molecular weight excluding hydrogens is 290 g/mol. The summed E-state index contributed by atoms with van der Waals surface area (Å²) >= 11 is 5.80. The van der Waals surface area contributed by atoms with E-state index in [-0.39, 0.29) is 5.69 Å². The van der Waals surface area contributed by atoms with Crippen LogP contribution in [0.2, 0.25) is 5.02 Å². The van der Waals surface area contributed by atoms with Crippen molar-refractivity contribution in [1.82, 2.24) is 0 Å². The average Bonchev–Trinajstić information content (AvgIpc) is 2.46. The van der Waals surface area contributed by atoms with Gasteiger partial charge in [0.2, 0.25) is 0 Å². The second-order valence-corrected chi connectivity index (χ2v) is 5.07. The third-order valence-corrected chi connectivity index (χ3v) is 3.12. The first-order chi connectivity index (χ1) is 9.97. The molecule has 108 valence electrons. The van der Waals surface area contributed by atoms with Gasteiger partial charge in [0.1, 0.15) is 5.69 Å². The SMILES string of the molecule is CN(C)c1ccc(C=Nc2ccc(Cl)cc2)cc1[N+](=O)[O-]. The number of nitro groups is 1. The Morgan fingerprint density at radius 3 is 2.43 bits per heavy atom. The maximum atomic E-state index is 11.1. The number of anilines is 1. The molecule has 0 atom stereocenters. The largest absolute Gasteiger partial charge is 0.372 e. The summed E-state index contributed by atoms with van der Waals surface area (Å²) in [4.78, 5) is 16.7. The molecule has 0 unspecified atom stereocenters. The molecule has 0 N–H and O–H groups in total. The molecular formula is C15H14ClN3O2. The Bertz CT molecular complexity index is 682. The number of rotatable bonds is 4. The summed E-state index contributed by atoms with van der Waals surface area (Å²) < 4.78 is 0. The lowest BCUT2D eigenvalue weighted by Crippen LogP contribution is -2.11. The van der Waals surface area contributed by atoms with Crippen molar-refractivity contribution in [3.63, 3.8) is 0 Å². The van der Waals surface area contributed by atoms with Crippen LogP contribution in [0, 0.1) is 10.1 Å². The van der Waals surface area contributed by atoms with Gasteiger partial charge in [0.25, 0.3) is 5.69 Å². The van der Waals surface area contributed by atoms with Crippen LogP contribution in [-0.4, -0.2) is 25.2 Å². The van der Waals surface area contributed by atoms with Crippen molar-refractivity contribution >= 4 is 34.9 Å². The summed E-state index contributed by atoms with van der Waals surface area (Å²) in [5, 5.41) is 11.7. The zero-order valence-corrected chi connectivity index (χ0v) is 12.4. The van der Waals surface area contributed by atoms with Gasteiger partial charge in [0.05, 0.1) is 10.6 Å². The van der Waals surface area contributed by atoms with E-state index in [1.807, 2.05) is 0 Å². The average molecular weight is 304 g/mol. The van der Waals surface area contributed by atoms with E-state index >= 15 is 0 Å². The Balaban J connectivity index is 2.30. The molecule has 5 nitrogen and oxygen atoms in total. The first kappa shape index (κ1) is 15.0. The molecule has 0 aromatic heterocycles. The van der Waals surface area contributed by atoms with Gasteiger partial charge in [-0.2, -0.15) is 0 Å². The number of nitro benzene ring substituents is 1. The Hall–Kier alpha value is -2.40. The molecule has 0 saturated carbocycles. The molecule has 2 rings (SSSR count). The first-order valence-corrected chi connectivity index (χ1v) is 6.60. The number of hydrogen-bond donors (Lipinski definition) is 0. The quantitative estimate of drug-likeness (QED) is 0.486. The second-order valence-electron chi connectivity index (χ2n) is 4.63. The molecule has 0 radical (unpaired) electrons. The van der Waals surface area contributed by atoms with Gasteiger partial charge in [-0.15, -0.1) is 0 Å². The van der Waals surface area contributed by atoms with E-state index in [0.717, 1.165) is 5.69 Å². The number of halogens is 1. The number of nitrogens with zero attached hydrogens (tertiary/aromatic N) is 3. The van der Waals surface area contributed by atoms with E-state index in [4.69, 9.17) is 11.6 Å². The van der Waals surface area contributed by atoms with E-state index < -0.39 is 4.92 Å². The lowest BCUT2D eigenvalue weighted by molar-refractivity contribution is -0.384. The van der Waals surface area contributed by atoms with Crippen molar-refractivity contribution in [2.45, 2.75) is 0 Å². The monoisotopic (exact) mass is 303 g/mol. The summed E-state index contributed by atoms with van der Waals surface area (Å²) in [6.45, 7) is 0. The summed E-state index contributed by atoms with van der Waals surface area (Å²) in [6, 6.07) is 12.1. The van der Waals surface area contributed by atoms with E-state index in [0.29, 0.717) is 16.3 Å². The molecule has 0 fully saturated rings. The highest BCUT2D eigenvalue weighted by Gasteiger charge is 2.15. The molecule has 6 heteroatoms. The molecule has 2 aromatic rings. The van der Waals surface area contributed by atoms with Gasteiger partial charge in [-0.25, -0.2) is 0 Å². The summed E-state index contributed by atoms with van der Waals surface area (Å²) in [7, 11) is 3.54.